The van der Waals surface area contributed by atoms with Crippen molar-refractivity contribution < 1.29 is 14.3 Å². The van der Waals surface area contributed by atoms with Crippen LogP contribution in [0.15, 0.2) is 24.3 Å². The molecule has 1 aliphatic carbocycles. The zero-order chi connectivity index (χ0) is 17.1. The first kappa shape index (κ1) is 16.5. The normalized spacial score (nSPS) is 21.7. The van der Waals surface area contributed by atoms with Crippen molar-refractivity contribution in [2.75, 3.05) is 13.1 Å². The van der Waals surface area contributed by atoms with E-state index in [0.29, 0.717) is 12.1 Å². The van der Waals surface area contributed by atoms with Crippen LogP contribution in [-0.4, -0.2) is 29.9 Å². The number of nitrogens with zero attached hydrogens (tertiary/aromatic N) is 2. The molecule has 3 rings (SSSR count). The first-order valence-electron chi connectivity index (χ1n) is 8.58. The van der Waals surface area contributed by atoms with Gasteiger partial charge in [0.25, 0.3) is 0 Å². The van der Waals surface area contributed by atoms with Gasteiger partial charge in [-0.05, 0) is 50.3 Å². The highest BCUT2D eigenvalue weighted by atomic mass is 16.5. The molecular formula is C19H22N2O3. The maximum Gasteiger partial charge on any atom is 0.311 e. The zero-order valence-corrected chi connectivity index (χ0v) is 13.9. The van der Waals surface area contributed by atoms with Crippen molar-refractivity contribution in [3.8, 4) is 6.07 Å². The molecule has 2 aliphatic rings. The summed E-state index contributed by atoms with van der Waals surface area (Å²) in [7, 11) is 0. The highest BCUT2D eigenvalue weighted by Gasteiger charge is 2.37. The number of carbonyl (C=O) groups excluding carboxylic acids is 2. The van der Waals surface area contributed by atoms with Crippen molar-refractivity contribution in [2.45, 2.75) is 38.7 Å². The molecule has 0 aromatic heterocycles. The van der Waals surface area contributed by atoms with Crippen LogP contribution in [0.1, 0.15) is 49.8 Å². The lowest BCUT2D eigenvalue weighted by atomic mass is 9.97. The van der Waals surface area contributed by atoms with Gasteiger partial charge in [-0.15, -0.1) is 0 Å². The average Bonchev–Trinajstić information content (AvgIpc) is 3.46. The van der Waals surface area contributed by atoms with Gasteiger partial charge in [0, 0.05) is 19.0 Å². The fourth-order valence-electron chi connectivity index (χ4n) is 3.13. The van der Waals surface area contributed by atoms with Crippen molar-refractivity contribution in [3.05, 3.63) is 35.4 Å². The minimum absolute atomic E-state index is 0.192. The molecule has 1 aromatic rings. The Bertz CT molecular complexity index is 658. The lowest BCUT2D eigenvalue weighted by Crippen LogP contribution is -2.43. The Morgan fingerprint density at radius 2 is 1.92 bits per heavy atom. The van der Waals surface area contributed by atoms with E-state index in [9.17, 15) is 9.59 Å². The maximum absolute atomic E-state index is 12.4. The number of nitriles is 1. The second kappa shape index (κ2) is 7.04. The van der Waals surface area contributed by atoms with Crippen molar-refractivity contribution >= 4 is 11.9 Å². The van der Waals surface area contributed by atoms with Gasteiger partial charge < -0.3 is 9.64 Å². The monoisotopic (exact) mass is 326 g/mol. The highest BCUT2D eigenvalue weighted by Crippen LogP contribution is 2.33. The van der Waals surface area contributed by atoms with Crippen LogP contribution in [0.3, 0.4) is 0 Å². The number of amides is 1. The Balaban J connectivity index is 1.56. The fraction of sp³-hybridized carbons (Fsp3) is 0.526. The van der Waals surface area contributed by atoms with E-state index < -0.39 is 0 Å². The Hall–Kier alpha value is -2.35. The van der Waals surface area contributed by atoms with E-state index in [1.165, 1.54) is 0 Å². The largest absolute Gasteiger partial charge is 0.458 e. The molecule has 2 fully saturated rings. The summed E-state index contributed by atoms with van der Waals surface area (Å²) in [6.45, 7) is 3.06. The number of hydrogen-bond acceptors (Lipinski definition) is 4. The van der Waals surface area contributed by atoms with Crippen LogP contribution in [0, 0.1) is 23.2 Å². The number of hydrogen-bond donors (Lipinski definition) is 0. The summed E-state index contributed by atoms with van der Waals surface area (Å²) in [5, 5.41) is 8.83. The van der Waals surface area contributed by atoms with Crippen LogP contribution in [0.2, 0.25) is 0 Å². The summed E-state index contributed by atoms with van der Waals surface area (Å²) in [6.07, 6.45) is 3.23. The van der Waals surface area contributed by atoms with E-state index in [1.54, 1.807) is 24.3 Å². The molecule has 1 aromatic carbocycles. The SMILES string of the molecule is C[C@@H](OC(=O)[C@H]1CCCN(C(=O)C2CC2)C1)c1ccc(C#N)cc1. The van der Waals surface area contributed by atoms with Crippen LogP contribution in [0.25, 0.3) is 0 Å². The molecule has 1 heterocycles. The third-order valence-electron chi connectivity index (χ3n) is 4.80. The molecule has 126 valence electrons. The minimum atomic E-state index is -0.361. The third-order valence-corrected chi connectivity index (χ3v) is 4.80. The minimum Gasteiger partial charge on any atom is -0.458 e. The van der Waals surface area contributed by atoms with E-state index in [2.05, 4.69) is 6.07 Å². The molecule has 5 heteroatoms. The summed E-state index contributed by atoms with van der Waals surface area (Å²) in [5.41, 5.74) is 1.45. The maximum atomic E-state index is 12.4. The lowest BCUT2D eigenvalue weighted by molar-refractivity contribution is -0.156. The van der Waals surface area contributed by atoms with Crippen molar-refractivity contribution in [1.29, 1.82) is 5.26 Å². The first-order chi connectivity index (χ1) is 11.6. The predicted octanol–water partition coefficient (Wildman–Crippen LogP) is 2.81. The van der Waals surface area contributed by atoms with Crippen molar-refractivity contribution in [1.82, 2.24) is 4.90 Å². The van der Waals surface area contributed by atoms with Gasteiger partial charge in [-0.2, -0.15) is 5.26 Å². The van der Waals surface area contributed by atoms with E-state index in [4.69, 9.17) is 10.00 Å². The van der Waals surface area contributed by atoms with Gasteiger partial charge in [0.2, 0.25) is 5.91 Å². The summed E-state index contributed by atoms with van der Waals surface area (Å²) >= 11 is 0. The quantitative estimate of drug-likeness (QED) is 0.798. The van der Waals surface area contributed by atoms with Gasteiger partial charge in [0.05, 0.1) is 17.6 Å². The topological polar surface area (TPSA) is 70.4 Å². The van der Waals surface area contributed by atoms with Crippen LogP contribution >= 0.6 is 0 Å². The van der Waals surface area contributed by atoms with Crippen molar-refractivity contribution in [2.24, 2.45) is 11.8 Å². The van der Waals surface area contributed by atoms with Crippen LogP contribution in [0.5, 0.6) is 0 Å². The second-order valence-corrected chi connectivity index (χ2v) is 6.71. The van der Waals surface area contributed by atoms with Gasteiger partial charge in [0.1, 0.15) is 6.10 Å². The number of ether oxygens (including phenoxy) is 1. The first-order valence-corrected chi connectivity index (χ1v) is 8.58. The lowest BCUT2D eigenvalue weighted by Gasteiger charge is -2.32. The Kier molecular flexibility index (Phi) is 4.84. The molecule has 5 nitrogen and oxygen atoms in total. The van der Waals surface area contributed by atoms with Gasteiger partial charge in [0.15, 0.2) is 0 Å². The molecule has 2 atom stereocenters. The molecule has 0 spiro atoms. The van der Waals surface area contributed by atoms with Crippen molar-refractivity contribution in [3.63, 3.8) is 0 Å². The molecule has 0 unspecified atom stereocenters. The van der Waals surface area contributed by atoms with Gasteiger partial charge in [-0.1, -0.05) is 12.1 Å². The number of likely N-dealkylation sites (tertiary alicyclic amines) is 1. The van der Waals surface area contributed by atoms with Crippen LogP contribution < -0.4 is 0 Å². The Morgan fingerprint density at radius 3 is 2.54 bits per heavy atom. The third kappa shape index (κ3) is 3.76. The van der Waals surface area contributed by atoms with Gasteiger partial charge in [-0.25, -0.2) is 0 Å². The summed E-state index contributed by atoms with van der Waals surface area (Å²) in [5.74, 6) is -0.0765. The number of piperidine rings is 1. The number of carbonyl (C=O) groups is 2. The van der Waals surface area contributed by atoms with Gasteiger partial charge in [-0.3, -0.25) is 9.59 Å². The zero-order valence-electron chi connectivity index (χ0n) is 13.9. The summed E-state index contributed by atoms with van der Waals surface area (Å²) in [4.78, 5) is 26.5. The average molecular weight is 326 g/mol. The van der Waals surface area contributed by atoms with E-state index in [0.717, 1.165) is 37.8 Å². The van der Waals surface area contributed by atoms with E-state index in [-0.39, 0.29) is 29.8 Å². The molecule has 0 N–H and O–H groups in total. The van der Waals surface area contributed by atoms with Crippen LogP contribution in [-0.2, 0) is 14.3 Å². The van der Waals surface area contributed by atoms with Crippen LogP contribution in [0.4, 0.5) is 0 Å². The summed E-state index contributed by atoms with van der Waals surface area (Å²) in [6, 6.07) is 9.12. The molecule has 1 saturated carbocycles. The van der Waals surface area contributed by atoms with E-state index >= 15 is 0 Å². The second-order valence-electron chi connectivity index (χ2n) is 6.71. The standard InChI is InChI=1S/C19H22N2O3/c1-13(15-6-4-14(11-20)5-7-15)24-19(23)17-3-2-10-21(12-17)18(22)16-8-9-16/h4-7,13,16-17H,2-3,8-10,12H2,1H3/t13-,17+/m1/s1. The Morgan fingerprint density at radius 1 is 1.21 bits per heavy atom. The Labute approximate surface area is 142 Å². The molecule has 1 saturated heterocycles. The summed E-state index contributed by atoms with van der Waals surface area (Å²) < 4.78 is 5.59. The van der Waals surface area contributed by atoms with E-state index in [1.807, 2.05) is 11.8 Å². The molecule has 1 amide bonds. The molecule has 0 bridgehead atoms. The molecular weight excluding hydrogens is 304 g/mol. The molecule has 24 heavy (non-hydrogen) atoms. The smallest absolute Gasteiger partial charge is 0.311 e. The fourth-order valence-corrected chi connectivity index (χ4v) is 3.13. The number of benzene rings is 1. The highest BCUT2D eigenvalue weighted by molar-refractivity contribution is 5.82. The van der Waals surface area contributed by atoms with Gasteiger partial charge >= 0.3 is 5.97 Å². The molecule has 0 radical (unpaired) electrons. The number of esters is 1. The predicted molar refractivity (Wildman–Crippen MR) is 87.7 cm³/mol. The number of rotatable bonds is 4. The molecule has 1 aliphatic heterocycles.